The largest absolute Gasteiger partial charge is 0.353 e. The van der Waals surface area contributed by atoms with Crippen LogP contribution in [0, 0.1) is 12.8 Å². The molecule has 0 aliphatic carbocycles. The predicted octanol–water partition coefficient (Wildman–Crippen LogP) is 2.13. The Kier molecular flexibility index (Phi) is 7.36. The molecule has 7 nitrogen and oxygen atoms in total. The molecule has 0 bridgehead atoms. The molecule has 2 rings (SSSR count). The number of likely N-dealkylation sites (N-methyl/N-ethyl adjacent to an activating group) is 1. The summed E-state index contributed by atoms with van der Waals surface area (Å²) in [4.78, 5) is 38.7. The van der Waals surface area contributed by atoms with E-state index in [2.05, 4.69) is 16.0 Å². The lowest BCUT2D eigenvalue weighted by atomic mass is 10.1. The van der Waals surface area contributed by atoms with Crippen molar-refractivity contribution in [2.24, 2.45) is 5.92 Å². The van der Waals surface area contributed by atoms with Crippen LogP contribution in [-0.4, -0.2) is 48.3 Å². The van der Waals surface area contributed by atoms with Crippen LogP contribution < -0.4 is 16.0 Å². The van der Waals surface area contributed by atoms with Gasteiger partial charge in [-0.25, -0.2) is 0 Å². The van der Waals surface area contributed by atoms with Crippen molar-refractivity contribution in [1.82, 2.24) is 10.2 Å². The minimum atomic E-state index is -0.446. The summed E-state index contributed by atoms with van der Waals surface area (Å²) in [6, 6.07) is 4.96. The summed E-state index contributed by atoms with van der Waals surface area (Å²) in [7, 11) is 0. The second kappa shape index (κ2) is 9.50. The summed E-state index contributed by atoms with van der Waals surface area (Å²) in [6.07, 6.45) is 0.544. The van der Waals surface area contributed by atoms with E-state index in [1.807, 2.05) is 38.7 Å². The molecule has 1 aliphatic rings. The number of anilines is 2. The molecule has 0 saturated carbocycles. The number of piperazine rings is 1. The van der Waals surface area contributed by atoms with Gasteiger partial charge in [0.2, 0.25) is 17.7 Å². The first-order valence-electron chi connectivity index (χ1n) is 9.52. The van der Waals surface area contributed by atoms with Gasteiger partial charge in [0, 0.05) is 30.9 Å². The fraction of sp³-hybridized carbons (Fsp3) is 0.550. The zero-order valence-electron chi connectivity index (χ0n) is 16.6. The topological polar surface area (TPSA) is 90.5 Å². The average molecular weight is 374 g/mol. The van der Waals surface area contributed by atoms with Gasteiger partial charge in [-0.3, -0.25) is 19.3 Å². The summed E-state index contributed by atoms with van der Waals surface area (Å²) < 4.78 is 0. The van der Waals surface area contributed by atoms with E-state index in [4.69, 9.17) is 0 Å². The number of carbonyl (C=O) groups is 3. The zero-order valence-corrected chi connectivity index (χ0v) is 16.6. The molecular formula is C20H30N4O3. The van der Waals surface area contributed by atoms with Gasteiger partial charge in [-0.2, -0.15) is 0 Å². The van der Waals surface area contributed by atoms with Gasteiger partial charge in [-0.15, -0.1) is 0 Å². The Morgan fingerprint density at radius 2 is 1.85 bits per heavy atom. The number of hydrogen-bond donors (Lipinski definition) is 3. The lowest BCUT2D eigenvalue weighted by Crippen LogP contribution is -2.56. The molecule has 3 amide bonds. The Morgan fingerprint density at radius 3 is 2.44 bits per heavy atom. The Morgan fingerprint density at radius 1 is 1.22 bits per heavy atom. The first-order chi connectivity index (χ1) is 12.8. The fourth-order valence-corrected chi connectivity index (χ4v) is 3.22. The quantitative estimate of drug-likeness (QED) is 0.682. The highest BCUT2D eigenvalue weighted by molar-refractivity contribution is 5.98. The van der Waals surface area contributed by atoms with Crippen LogP contribution in [0.25, 0.3) is 0 Å². The van der Waals surface area contributed by atoms with E-state index < -0.39 is 6.04 Å². The third-order valence-corrected chi connectivity index (χ3v) is 4.70. The highest BCUT2D eigenvalue weighted by Gasteiger charge is 2.30. The number of amides is 3. The zero-order chi connectivity index (χ0) is 20.0. The molecular weight excluding hydrogens is 344 g/mol. The van der Waals surface area contributed by atoms with Crippen molar-refractivity contribution < 1.29 is 14.4 Å². The van der Waals surface area contributed by atoms with E-state index in [9.17, 15) is 14.4 Å². The molecule has 1 saturated heterocycles. The molecule has 1 aromatic rings. The first-order valence-corrected chi connectivity index (χ1v) is 9.52. The van der Waals surface area contributed by atoms with Crippen molar-refractivity contribution in [2.45, 2.75) is 46.6 Å². The molecule has 1 heterocycles. The molecule has 148 valence electrons. The minimum Gasteiger partial charge on any atom is -0.353 e. The molecule has 1 atom stereocenters. The monoisotopic (exact) mass is 374 g/mol. The summed E-state index contributed by atoms with van der Waals surface area (Å²) >= 11 is 0. The second-order valence-corrected chi connectivity index (χ2v) is 7.31. The molecule has 1 unspecified atom stereocenters. The van der Waals surface area contributed by atoms with Crippen molar-refractivity contribution in [2.75, 3.05) is 30.3 Å². The van der Waals surface area contributed by atoms with Crippen LogP contribution in [-0.2, 0) is 14.4 Å². The van der Waals surface area contributed by atoms with E-state index in [0.717, 1.165) is 18.7 Å². The van der Waals surface area contributed by atoms with Crippen molar-refractivity contribution in [1.29, 1.82) is 0 Å². The van der Waals surface area contributed by atoms with Crippen molar-refractivity contribution in [3.8, 4) is 0 Å². The Balaban J connectivity index is 2.04. The molecule has 3 N–H and O–H groups in total. The molecule has 27 heavy (non-hydrogen) atoms. The lowest BCUT2D eigenvalue weighted by molar-refractivity contribution is -0.132. The highest BCUT2D eigenvalue weighted by Crippen LogP contribution is 2.24. The van der Waals surface area contributed by atoms with Crippen LogP contribution in [0.2, 0.25) is 0 Å². The van der Waals surface area contributed by atoms with E-state index in [1.54, 1.807) is 12.1 Å². The van der Waals surface area contributed by atoms with Gasteiger partial charge in [0.25, 0.3) is 0 Å². The van der Waals surface area contributed by atoms with E-state index in [-0.39, 0.29) is 30.1 Å². The van der Waals surface area contributed by atoms with Crippen molar-refractivity contribution in [3.63, 3.8) is 0 Å². The maximum atomic E-state index is 12.5. The number of nitrogens with one attached hydrogen (secondary N) is 3. The van der Waals surface area contributed by atoms with Gasteiger partial charge < -0.3 is 16.0 Å². The molecule has 1 aliphatic heterocycles. The summed E-state index contributed by atoms with van der Waals surface area (Å²) in [6.45, 7) is 9.90. The lowest BCUT2D eigenvalue weighted by Gasteiger charge is -2.33. The second-order valence-electron chi connectivity index (χ2n) is 7.31. The molecule has 1 aromatic carbocycles. The minimum absolute atomic E-state index is 0.0472. The van der Waals surface area contributed by atoms with Crippen LogP contribution in [0.5, 0.6) is 0 Å². The van der Waals surface area contributed by atoms with Crippen LogP contribution in [0.1, 0.15) is 39.2 Å². The van der Waals surface area contributed by atoms with Crippen molar-refractivity contribution in [3.05, 3.63) is 23.8 Å². The number of nitrogens with zero attached hydrogens (tertiary/aromatic N) is 1. The summed E-state index contributed by atoms with van der Waals surface area (Å²) in [5.74, 6) is -0.0979. The fourth-order valence-electron chi connectivity index (χ4n) is 3.22. The summed E-state index contributed by atoms with van der Waals surface area (Å²) in [5, 5.41) is 8.59. The Bertz CT molecular complexity index is 702. The predicted molar refractivity (Wildman–Crippen MR) is 107 cm³/mol. The molecule has 0 radical (unpaired) electrons. The van der Waals surface area contributed by atoms with E-state index in [1.165, 1.54) is 0 Å². The number of rotatable bonds is 7. The maximum absolute atomic E-state index is 12.5. The maximum Gasteiger partial charge on any atom is 0.237 e. The average Bonchev–Trinajstić information content (AvgIpc) is 2.59. The molecule has 7 heteroatoms. The number of carbonyl (C=O) groups excluding carboxylic acids is 3. The van der Waals surface area contributed by atoms with Gasteiger partial charge in [0.15, 0.2) is 0 Å². The van der Waals surface area contributed by atoms with E-state index in [0.29, 0.717) is 24.3 Å². The van der Waals surface area contributed by atoms with Crippen LogP contribution >= 0.6 is 0 Å². The Hall–Kier alpha value is -2.41. The van der Waals surface area contributed by atoms with Crippen LogP contribution in [0.3, 0.4) is 0 Å². The van der Waals surface area contributed by atoms with Gasteiger partial charge in [-0.05, 0) is 37.1 Å². The summed E-state index contributed by atoms with van der Waals surface area (Å²) in [5.41, 5.74) is 2.12. The smallest absolute Gasteiger partial charge is 0.237 e. The number of hydrogen-bond acceptors (Lipinski definition) is 4. The van der Waals surface area contributed by atoms with Gasteiger partial charge in [-0.1, -0.05) is 26.8 Å². The van der Waals surface area contributed by atoms with Crippen LogP contribution in [0.15, 0.2) is 18.2 Å². The highest BCUT2D eigenvalue weighted by atomic mass is 16.2. The third kappa shape index (κ3) is 5.79. The van der Waals surface area contributed by atoms with Crippen LogP contribution in [0.4, 0.5) is 11.4 Å². The van der Waals surface area contributed by atoms with Gasteiger partial charge in [0.05, 0.1) is 12.5 Å². The Labute approximate surface area is 160 Å². The normalized spacial score (nSPS) is 17.5. The van der Waals surface area contributed by atoms with E-state index >= 15 is 0 Å². The third-order valence-electron chi connectivity index (χ3n) is 4.70. The van der Waals surface area contributed by atoms with Gasteiger partial charge >= 0.3 is 0 Å². The molecule has 1 fully saturated rings. The standard InChI is InChI=1S/C20H30N4O3/c1-5-24-10-9-21-20(27)17(24)12-19(26)23-16-8-6-7-15(14(16)4)22-18(25)11-13(2)3/h6-8,13,17H,5,9-12H2,1-4H3,(H,21,27)(H,22,25)(H,23,26). The molecule has 0 aromatic heterocycles. The van der Waals surface area contributed by atoms with Gasteiger partial charge in [0.1, 0.15) is 0 Å². The number of benzene rings is 1. The molecule has 0 spiro atoms. The SMILES string of the molecule is CCN1CCNC(=O)C1CC(=O)Nc1cccc(NC(=O)CC(C)C)c1C. The van der Waals surface area contributed by atoms with Crippen molar-refractivity contribution >= 4 is 29.1 Å². The first kappa shape index (κ1) is 20.9.